The summed E-state index contributed by atoms with van der Waals surface area (Å²) >= 11 is 0.127. The van der Waals surface area contributed by atoms with Crippen LogP contribution in [0.2, 0.25) is 0 Å². The highest BCUT2D eigenvalue weighted by atomic mass is 32.2. The van der Waals surface area contributed by atoms with Crippen molar-refractivity contribution in [3.63, 3.8) is 0 Å². The third-order valence-corrected chi connectivity index (χ3v) is 5.40. The van der Waals surface area contributed by atoms with E-state index in [1.54, 1.807) is 26.0 Å². The van der Waals surface area contributed by atoms with Crippen LogP contribution in [0.5, 0.6) is 0 Å². The van der Waals surface area contributed by atoms with Gasteiger partial charge in [-0.1, -0.05) is 29.5 Å². The third-order valence-electron chi connectivity index (χ3n) is 4.18. The van der Waals surface area contributed by atoms with E-state index < -0.39 is 27.9 Å². The fraction of sp³-hybridized carbons (Fsp3) is 0.444. The molecule has 1 amide bonds. The Morgan fingerprint density at radius 1 is 1.15 bits per heavy atom. The zero-order valence-corrected chi connectivity index (χ0v) is 16.2. The van der Waals surface area contributed by atoms with Crippen LogP contribution in [0.3, 0.4) is 0 Å². The van der Waals surface area contributed by atoms with E-state index in [1.165, 1.54) is 14.1 Å². The van der Waals surface area contributed by atoms with Crippen LogP contribution >= 0.6 is 11.8 Å². The van der Waals surface area contributed by atoms with Crippen LogP contribution in [0.25, 0.3) is 5.57 Å². The number of ether oxygens (including phenoxy) is 1. The number of hydrogen-bond acceptors (Lipinski definition) is 4. The summed E-state index contributed by atoms with van der Waals surface area (Å²) in [5.74, 6) is -0.659. The van der Waals surface area contributed by atoms with E-state index in [9.17, 15) is 22.8 Å². The predicted octanol–water partition coefficient (Wildman–Crippen LogP) is 4.62. The lowest BCUT2D eigenvalue weighted by Crippen LogP contribution is -2.41. The molecule has 0 radical (unpaired) electrons. The molecule has 2 rings (SSSR count). The number of aryl methyl sites for hydroxylation is 3. The summed E-state index contributed by atoms with van der Waals surface area (Å²) in [4.78, 5) is 25.6. The minimum atomic E-state index is -4.77. The van der Waals surface area contributed by atoms with E-state index in [0.717, 1.165) is 17.4 Å². The number of amides is 1. The van der Waals surface area contributed by atoms with E-state index in [1.807, 2.05) is 6.92 Å². The number of halogens is 3. The maximum Gasteiger partial charge on any atom is 0.414 e. The van der Waals surface area contributed by atoms with Gasteiger partial charge < -0.3 is 9.64 Å². The van der Waals surface area contributed by atoms with E-state index in [2.05, 4.69) is 0 Å². The molecular formula is C18H20F3NO3S. The van der Waals surface area contributed by atoms with Crippen molar-refractivity contribution in [1.82, 2.24) is 4.90 Å². The number of nitrogens with zero attached hydrogens (tertiary/aromatic N) is 1. The second-order valence-corrected chi connectivity index (χ2v) is 8.05. The standard InChI is InChI=1S/C18H20F3NO3S/c1-9-7-10(2)12(11(3)8-9)13-14(25-16(24)22(5)6)17(4,18(19,20)21)26-15(13)23/h7-8H,1-6H3. The number of benzene rings is 1. The molecular weight excluding hydrogens is 367 g/mol. The highest BCUT2D eigenvalue weighted by molar-refractivity contribution is 8.16. The summed E-state index contributed by atoms with van der Waals surface area (Å²) in [6.45, 7) is 6.15. The number of thioether (sulfide) groups is 1. The lowest BCUT2D eigenvalue weighted by atomic mass is 9.91. The van der Waals surface area contributed by atoms with Gasteiger partial charge in [0.1, 0.15) is 5.76 Å². The zero-order valence-electron chi connectivity index (χ0n) is 15.4. The molecule has 1 aliphatic heterocycles. The minimum Gasteiger partial charge on any atom is -0.412 e. The molecule has 8 heteroatoms. The van der Waals surface area contributed by atoms with E-state index in [4.69, 9.17) is 4.74 Å². The summed E-state index contributed by atoms with van der Waals surface area (Å²) in [6.07, 6.45) is -5.74. The molecule has 0 N–H and O–H groups in total. The van der Waals surface area contributed by atoms with Gasteiger partial charge in [0.25, 0.3) is 0 Å². The SMILES string of the molecule is Cc1cc(C)c(C2=C(OC(=O)N(C)C)C(C)(C(F)(F)F)SC2=O)c(C)c1. The van der Waals surface area contributed by atoms with E-state index >= 15 is 0 Å². The fourth-order valence-corrected chi connectivity index (χ4v) is 3.94. The molecule has 0 aliphatic carbocycles. The van der Waals surface area contributed by atoms with Crippen molar-refractivity contribution in [3.05, 3.63) is 40.1 Å². The average molecular weight is 387 g/mol. The van der Waals surface area contributed by atoms with Crippen LogP contribution in [0, 0.1) is 20.8 Å². The Morgan fingerprint density at radius 2 is 1.65 bits per heavy atom. The van der Waals surface area contributed by atoms with E-state index in [-0.39, 0.29) is 17.3 Å². The third kappa shape index (κ3) is 3.34. The van der Waals surface area contributed by atoms with Gasteiger partial charge in [-0.3, -0.25) is 4.79 Å². The van der Waals surface area contributed by atoms with Crippen molar-refractivity contribution in [2.24, 2.45) is 0 Å². The van der Waals surface area contributed by atoms with Crippen LogP contribution in [0.4, 0.5) is 18.0 Å². The van der Waals surface area contributed by atoms with Crippen molar-refractivity contribution in [2.45, 2.75) is 38.6 Å². The Balaban J connectivity index is 2.80. The molecule has 1 aromatic carbocycles. The first-order valence-corrected chi connectivity index (χ1v) is 8.63. The predicted molar refractivity (Wildman–Crippen MR) is 94.8 cm³/mol. The van der Waals surface area contributed by atoms with Crippen molar-refractivity contribution in [2.75, 3.05) is 14.1 Å². The van der Waals surface area contributed by atoms with Crippen LogP contribution < -0.4 is 0 Å². The largest absolute Gasteiger partial charge is 0.414 e. The quantitative estimate of drug-likeness (QED) is 0.743. The van der Waals surface area contributed by atoms with Gasteiger partial charge in [-0.2, -0.15) is 13.2 Å². The summed E-state index contributed by atoms with van der Waals surface area (Å²) in [5.41, 5.74) is 2.41. The second-order valence-electron chi connectivity index (χ2n) is 6.66. The molecule has 1 aromatic rings. The molecule has 0 fully saturated rings. The van der Waals surface area contributed by atoms with Gasteiger partial charge in [0.2, 0.25) is 5.12 Å². The van der Waals surface area contributed by atoms with Crippen molar-refractivity contribution < 1.29 is 27.5 Å². The molecule has 0 aromatic heterocycles. The van der Waals surface area contributed by atoms with Gasteiger partial charge >= 0.3 is 12.3 Å². The van der Waals surface area contributed by atoms with Crippen LogP contribution in [-0.4, -0.2) is 41.1 Å². The topological polar surface area (TPSA) is 46.6 Å². The number of carbonyl (C=O) groups excluding carboxylic acids is 2. The number of rotatable bonds is 2. The minimum absolute atomic E-state index is 0.127. The van der Waals surface area contributed by atoms with Crippen molar-refractivity contribution >= 4 is 28.5 Å². The molecule has 142 valence electrons. The average Bonchev–Trinajstić information content (AvgIpc) is 2.70. The smallest absolute Gasteiger partial charge is 0.412 e. The van der Waals surface area contributed by atoms with Crippen LogP contribution in [0.1, 0.15) is 29.2 Å². The molecule has 1 unspecified atom stereocenters. The Kier molecular flexibility index (Phi) is 5.20. The Bertz CT molecular complexity index is 791. The highest BCUT2D eigenvalue weighted by Crippen LogP contribution is 2.56. The Labute approximate surface area is 154 Å². The second kappa shape index (κ2) is 6.64. The molecule has 0 saturated carbocycles. The maximum absolute atomic E-state index is 13.8. The summed E-state index contributed by atoms with van der Waals surface area (Å²) < 4.78 is 43.8. The van der Waals surface area contributed by atoms with E-state index in [0.29, 0.717) is 16.7 Å². The summed E-state index contributed by atoms with van der Waals surface area (Å²) in [6, 6.07) is 3.56. The Morgan fingerprint density at radius 3 is 2.08 bits per heavy atom. The van der Waals surface area contributed by atoms with Crippen LogP contribution in [-0.2, 0) is 9.53 Å². The molecule has 1 heterocycles. The first-order valence-electron chi connectivity index (χ1n) is 7.81. The molecule has 4 nitrogen and oxygen atoms in total. The number of carbonyl (C=O) groups is 2. The van der Waals surface area contributed by atoms with Crippen molar-refractivity contribution in [1.29, 1.82) is 0 Å². The monoisotopic (exact) mass is 387 g/mol. The molecule has 1 aliphatic rings. The van der Waals surface area contributed by atoms with Gasteiger partial charge in [-0.15, -0.1) is 0 Å². The molecule has 0 bridgehead atoms. The van der Waals surface area contributed by atoms with Gasteiger partial charge in [-0.25, -0.2) is 4.79 Å². The summed E-state index contributed by atoms with van der Waals surface area (Å²) in [7, 11) is 2.72. The van der Waals surface area contributed by atoms with Gasteiger partial charge in [-0.05, 0) is 44.4 Å². The summed E-state index contributed by atoms with van der Waals surface area (Å²) in [5, 5.41) is -0.763. The highest BCUT2D eigenvalue weighted by Gasteiger charge is 2.63. The van der Waals surface area contributed by atoms with Gasteiger partial charge in [0.15, 0.2) is 4.75 Å². The molecule has 26 heavy (non-hydrogen) atoms. The Hall–Kier alpha value is -1.96. The first kappa shape index (κ1) is 20.4. The fourth-order valence-electron chi connectivity index (χ4n) is 2.92. The molecule has 0 saturated heterocycles. The van der Waals surface area contributed by atoms with Crippen LogP contribution in [0.15, 0.2) is 17.9 Å². The number of alkyl halides is 3. The number of hydrogen-bond donors (Lipinski definition) is 0. The lowest BCUT2D eigenvalue weighted by molar-refractivity contribution is -0.152. The molecule has 1 atom stereocenters. The zero-order chi connectivity index (χ0) is 20.0. The normalized spacial score (nSPS) is 20.6. The van der Waals surface area contributed by atoms with Crippen molar-refractivity contribution in [3.8, 4) is 0 Å². The van der Waals surface area contributed by atoms with Gasteiger partial charge in [0.05, 0.1) is 5.57 Å². The molecule has 0 spiro atoms. The first-order chi connectivity index (χ1) is 11.8. The maximum atomic E-state index is 13.8. The van der Waals surface area contributed by atoms with Gasteiger partial charge in [0, 0.05) is 14.1 Å². The lowest BCUT2D eigenvalue weighted by Gasteiger charge is -2.28.